The lowest BCUT2D eigenvalue weighted by molar-refractivity contribution is 0.0737. The molecule has 4 rings (SSSR count). The number of carbonyl (C=O) groups is 1. The smallest absolute Gasteiger partial charge is 0.408 e. The van der Waals surface area contributed by atoms with Crippen molar-refractivity contribution in [1.29, 1.82) is 0 Å². The highest BCUT2D eigenvalue weighted by Crippen LogP contribution is 2.41. The fourth-order valence-electron chi connectivity index (χ4n) is 4.22. The molecule has 1 amide bonds. The summed E-state index contributed by atoms with van der Waals surface area (Å²) in [5, 5.41) is 22.1. The third kappa shape index (κ3) is 7.01. The normalized spacial score (nSPS) is 14.5. The zero-order chi connectivity index (χ0) is 26.2. The molecule has 0 spiro atoms. The summed E-state index contributed by atoms with van der Waals surface area (Å²) in [6.45, 7) is 5.85. The molecule has 3 N–H and O–H groups in total. The number of anilines is 2. The minimum Gasteiger partial charge on any atom is -0.508 e. The van der Waals surface area contributed by atoms with Gasteiger partial charge in [-0.15, -0.1) is 0 Å². The van der Waals surface area contributed by atoms with E-state index in [1.807, 2.05) is 18.2 Å². The molecule has 0 saturated carbocycles. The van der Waals surface area contributed by atoms with Gasteiger partial charge >= 0.3 is 12.1 Å². The first kappa shape index (κ1) is 26.0. The molecule has 2 heterocycles. The Morgan fingerprint density at radius 3 is 2.41 bits per heavy atom. The summed E-state index contributed by atoms with van der Waals surface area (Å²) in [5.74, 6) is 1.28. The molecule has 0 bridgehead atoms. The number of rotatable bonds is 12. The molecule has 1 aliphatic heterocycles. The van der Waals surface area contributed by atoms with Gasteiger partial charge in [0, 0.05) is 11.3 Å². The van der Waals surface area contributed by atoms with E-state index in [-0.39, 0.29) is 24.4 Å². The van der Waals surface area contributed by atoms with Crippen LogP contribution in [-0.2, 0) is 11.3 Å². The summed E-state index contributed by atoms with van der Waals surface area (Å²) in [4.78, 5) is 21.6. The molecule has 196 valence electrons. The minimum atomic E-state index is -0.914. The predicted molar refractivity (Wildman–Crippen MR) is 137 cm³/mol. The molecule has 10 nitrogen and oxygen atoms in total. The standard InChI is InChI=1S/C27H32N4O6/c1-18(2)14-24-22-4-3-5-25(23(22)17-31(24)27(33)34)36-12-10-35-11-13-37-26-28-15-20(16-29-26)30-19-6-8-21(32)9-7-19/h3-9,15-16,18,24,30,32H,10-14,17H2,1-2H3,(H,33,34). The van der Waals surface area contributed by atoms with E-state index in [0.717, 1.165) is 23.2 Å². The van der Waals surface area contributed by atoms with Gasteiger partial charge in [-0.1, -0.05) is 26.0 Å². The number of aromatic nitrogens is 2. The number of fused-ring (bicyclic) bond motifs is 1. The van der Waals surface area contributed by atoms with Crippen molar-refractivity contribution in [2.24, 2.45) is 5.92 Å². The van der Waals surface area contributed by atoms with Crippen molar-refractivity contribution in [2.75, 3.05) is 31.7 Å². The van der Waals surface area contributed by atoms with E-state index in [1.165, 1.54) is 4.90 Å². The quantitative estimate of drug-likeness (QED) is 0.229. The maximum Gasteiger partial charge on any atom is 0.408 e. The van der Waals surface area contributed by atoms with Crippen LogP contribution in [-0.4, -0.2) is 57.6 Å². The van der Waals surface area contributed by atoms with Crippen molar-refractivity contribution in [1.82, 2.24) is 14.9 Å². The summed E-state index contributed by atoms with van der Waals surface area (Å²) >= 11 is 0. The van der Waals surface area contributed by atoms with E-state index < -0.39 is 6.09 Å². The number of benzene rings is 2. The van der Waals surface area contributed by atoms with Crippen LogP contribution in [0.2, 0.25) is 0 Å². The number of hydrogen-bond acceptors (Lipinski definition) is 8. The summed E-state index contributed by atoms with van der Waals surface area (Å²) in [6.07, 6.45) is 3.08. The lowest BCUT2D eigenvalue weighted by atomic mass is 9.96. The van der Waals surface area contributed by atoms with Crippen molar-refractivity contribution in [2.45, 2.75) is 32.9 Å². The topological polar surface area (TPSA) is 126 Å². The van der Waals surface area contributed by atoms with E-state index in [9.17, 15) is 15.0 Å². The first-order chi connectivity index (χ1) is 17.9. The Balaban J connectivity index is 1.17. The first-order valence-corrected chi connectivity index (χ1v) is 12.2. The second-order valence-electron chi connectivity index (χ2n) is 9.12. The predicted octanol–water partition coefficient (Wildman–Crippen LogP) is 4.98. The van der Waals surface area contributed by atoms with Crippen molar-refractivity contribution >= 4 is 17.5 Å². The number of nitrogens with one attached hydrogen (secondary N) is 1. The highest BCUT2D eigenvalue weighted by Gasteiger charge is 2.35. The average molecular weight is 509 g/mol. The van der Waals surface area contributed by atoms with Crippen LogP contribution in [0.25, 0.3) is 0 Å². The molecule has 1 unspecified atom stereocenters. The van der Waals surface area contributed by atoms with Gasteiger partial charge in [0.15, 0.2) is 0 Å². The number of nitrogens with zero attached hydrogens (tertiary/aromatic N) is 3. The zero-order valence-electron chi connectivity index (χ0n) is 21.0. The van der Waals surface area contributed by atoms with E-state index in [2.05, 4.69) is 29.1 Å². The molecule has 10 heteroatoms. The van der Waals surface area contributed by atoms with Gasteiger partial charge in [-0.3, -0.25) is 4.90 Å². The van der Waals surface area contributed by atoms with Gasteiger partial charge in [0.25, 0.3) is 0 Å². The van der Waals surface area contributed by atoms with Gasteiger partial charge in [0.1, 0.15) is 24.7 Å². The molecule has 1 aliphatic rings. The molecule has 3 aromatic rings. The summed E-state index contributed by atoms with van der Waals surface area (Å²) in [6, 6.07) is 12.6. The minimum absolute atomic E-state index is 0.149. The van der Waals surface area contributed by atoms with Gasteiger partial charge in [0.05, 0.1) is 43.9 Å². The zero-order valence-corrected chi connectivity index (χ0v) is 21.0. The maximum absolute atomic E-state index is 11.8. The van der Waals surface area contributed by atoms with Gasteiger partial charge in [-0.25, -0.2) is 14.8 Å². The number of ether oxygens (including phenoxy) is 3. The number of phenols is 1. The van der Waals surface area contributed by atoms with Gasteiger partial charge < -0.3 is 29.7 Å². The Bertz CT molecular complexity index is 1170. The summed E-state index contributed by atoms with van der Waals surface area (Å²) in [5.41, 5.74) is 3.45. The van der Waals surface area contributed by atoms with Gasteiger partial charge in [-0.05, 0) is 48.2 Å². The second kappa shape index (κ2) is 12.3. The Morgan fingerprint density at radius 2 is 1.73 bits per heavy atom. The molecule has 1 aromatic heterocycles. The Hall–Kier alpha value is -4.05. The largest absolute Gasteiger partial charge is 0.508 e. The Labute approximate surface area is 215 Å². The lowest BCUT2D eigenvalue weighted by Crippen LogP contribution is -2.28. The highest BCUT2D eigenvalue weighted by molar-refractivity contribution is 5.68. The number of phenolic OH excluding ortho intramolecular Hbond substituents is 1. The van der Waals surface area contributed by atoms with E-state index >= 15 is 0 Å². The van der Waals surface area contributed by atoms with Crippen LogP contribution < -0.4 is 14.8 Å². The van der Waals surface area contributed by atoms with Crippen LogP contribution in [0.4, 0.5) is 16.2 Å². The van der Waals surface area contributed by atoms with Crippen molar-refractivity contribution in [3.63, 3.8) is 0 Å². The fourth-order valence-corrected chi connectivity index (χ4v) is 4.22. The van der Waals surface area contributed by atoms with E-state index in [0.29, 0.717) is 43.7 Å². The highest BCUT2D eigenvalue weighted by atomic mass is 16.5. The molecular formula is C27H32N4O6. The lowest BCUT2D eigenvalue weighted by Gasteiger charge is -2.23. The van der Waals surface area contributed by atoms with Crippen molar-refractivity contribution in [3.05, 3.63) is 66.0 Å². The third-order valence-corrected chi connectivity index (χ3v) is 5.90. The Morgan fingerprint density at radius 1 is 1.03 bits per heavy atom. The average Bonchev–Trinajstić information content (AvgIpc) is 3.24. The van der Waals surface area contributed by atoms with Gasteiger partial charge in [-0.2, -0.15) is 0 Å². The third-order valence-electron chi connectivity index (χ3n) is 5.90. The van der Waals surface area contributed by atoms with Crippen LogP contribution in [0.1, 0.15) is 37.4 Å². The molecule has 0 fully saturated rings. The number of carboxylic acid groups (broad SMARTS) is 1. The molecule has 37 heavy (non-hydrogen) atoms. The Kier molecular flexibility index (Phi) is 8.63. The van der Waals surface area contributed by atoms with E-state index in [4.69, 9.17) is 14.2 Å². The monoisotopic (exact) mass is 508 g/mol. The molecule has 0 saturated heterocycles. The first-order valence-electron chi connectivity index (χ1n) is 12.2. The van der Waals surface area contributed by atoms with Crippen molar-refractivity contribution < 1.29 is 29.2 Å². The molecular weight excluding hydrogens is 476 g/mol. The van der Waals surface area contributed by atoms with Crippen molar-refractivity contribution in [3.8, 4) is 17.5 Å². The summed E-state index contributed by atoms with van der Waals surface area (Å²) in [7, 11) is 0. The van der Waals surface area contributed by atoms with Gasteiger partial charge in [0.2, 0.25) is 0 Å². The number of aromatic hydroxyl groups is 1. The van der Waals surface area contributed by atoms with Crippen LogP contribution in [0.15, 0.2) is 54.9 Å². The number of hydrogen-bond donors (Lipinski definition) is 3. The fraction of sp³-hybridized carbons (Fsp3) is 0.370. The molecule has 2 aromatic carbocycles. The summed E-state index contributed by atoms with van der Waals surface area (Å²) < 4.78 is 17.1. The van der Waals surface area contributed by atoms with Crippen LogP contribution in [0.3, 0.4) is 0 Å². The van der Waals surface area contributed by atoms with Crippen LogP contribution in [0, 0.1) is 5.92 Å². The molecule has 0 aliphatic carbocycles. The maximum atomic E-state index is 11.8. The van der Waals surface area contributed by atoms with Crippen LogP contribution in [0.5, 0.6) is 17.5 Å². The molecule has 1 atom stereocenters. The SMILES string of the molecule is CC(C)CC1c2cccc(OCCOCCOc3ncc(Nc4ccc(O)cc4)cn3)c2CN1C(=O)O. The molecule has 0 radical (unpaired) electrons. The second-order valence-corrected chi connectivity index (χ2v) is 9.12. The van der Waals surface area contributed by atoms with Crippen LogP contribution >= 0.6 is 0 Å². The number of amides is 1. The van der Waals surface area contributed by atoms with E-state index in [1.54, 1.807) is 36.7 Å².